The van der Waals surface area contributed by atoms with Crippen LogP contribution >= 0.6 is 11.8 Å². The highest BCUT2D eigenvalue weighted by Gasteiger charge is 2.14. The lowest BCUT2D eigenvalue weighted by Gasteiger charge is -2.10. The molecule has 0 saturated carbocycles. The van der Waals surface area contributed by atoms with Crippen molar-refractivity contribution >= 4 is 23.5 Å². The van der Waals surface area contributed by atoms with Crippen LogP contribution in [0.15, 0.2) is 42.6 Å². The molecular formula is C14H17N3OS. The highest BCUT2D eigenvalue weighted by Crippen LogP contribution is 2.18. The van der Waals surface area contributed by atoms with Crippen molar-refractivity contribution in [1.29, 1.82) is 0 Å². The van der Waals surface area contributed by atoms with Gasteiger partial charge in [-0.1, -0.05) is 30.3 Å². The quantitative estimate of drug-likeness (QED) is 0.912. The number of aromatic nitrogens is 2. The molecular weight excluding hydrogens is 258 g/mol. The minimum atomic E-state index is -0.109. The van der Waals surface area contributed by atoms with Crippen LogP contribution in [0, 0.1) is 0 Å². The van der Waals surface area contributed by atoms with Crippen molar-refractivity contribution in [2.75, 3.05) is 5.32 Å². The largest absolute Gasteiger partial charge is 0.308 e. The Kier molecular flexibility index (Phi) is 4.63. The number of anilines is 1. The molecule has 100 valence electrons. The summed E-state index contributed by atoms with van der Waals surface area (Å²) >= 11 is 1.62. The molecule has 1 amide bonds. The van der Waals surface area contributed by atoms with Gasteiger partial charge in [-0.15, -0.1) is 11.8 Å². The van der Waals surface area contributed by atoms with Crippen LogP contribution in [-0.4, -0.2) is 20.9 Å². The van der Waals surface area contributed by atoms with Crippen LogP contribution in [0.1, 0.15) is 12.5 Å². The molecule has 0 bridgehead atoms. The molecule has 2 aromatic rings. The van der Waals surface area contributed by atoms with Crippen LogP contribution in [0.3, 0.4) is 0 Å². The Labute approximate surface area is 117 Å². The molecule has 1 aromatic heterocycles. The summed E-state index contributed by atoms with van der Waals surface area (Å²) in [7, 11) is 1.82. The second kappa shape index (κ2) is 6.43. The minimum absolute atomic E-state index is 0.0142. The number of nitrogens with one attached hydrogen (secondary N) is 1. The predicted molar refractivity (Wildman–Crippen MR) is 79.0 cm³/mol. The SMILES string of the molecule is CC(SCc1ccccc1)C(=O)Nc1ccn(C)n1. The lowest BCUT2D eigenvalue weighted by molar-refractivity contribution is -0.115. The average molecular weight is 275 g/mol. The number of hydrogen-bond acceptors (Lipinski definition) is 3. The standard InChI is InChI=1S/C14H17N3OS/c1-11(19-10-12-6-4-3-5-7-12)14(18)15-13-8-9-17(2)16-13/h3-9,11H,10H2,1-2H3,(H,15,16,18). The minimum Gasteiger partial charge on any atom is -0.308 e. The molecule has 0 radical (unpaired) electrons. The summed E-state index contributed by atoms with van der Waals surface area (Å²) in [6.07, 6.45) is 1.80. The van der Waals surface area contributed by atoms with E-state index in [1.165, 1.54) is 5.56 Å². The third-order valence-corrected chi connectivity index (χ3v) is 3.89. The molecule has 2 rings (SSSR count). The van der Waals surface area contributed by atoms with Crippen LogP contribution in [0.5, 0.6) is 0 Å². The number of carbonyl (C=O) groups is 1. The lowest BCUT2D eigenvalue weighted by atomic mass is 10.2. The van der Waals surface area contributed by atoms with E-state index in [1.807, 2.05) is 32.2 Å². The number of benzene rings is 1. The van der Waals surface area contributed by atoms with Crippen molar-refractivity contribution in [1.82, 2.24) is 9.78 Å². The summed E-state index contributed by atoms with van der Waals surface area (Å²) in [5.74, 6) is 1.41. The van der Waals surface area contributed by atoms with E-state index in [4.69, 9.17) is 0 Å². The molecule has 0 fully saturated rings. The van der Waals surface area contributed by atoms with Crippen LogP contribution < -0.4 is 5.32 Å². The molecule has 0 aliphatic heterocycles. The van der Waals surface area contributed by atoms with Crippen molar-refractivity contribution < 1.29 is 4.79 Å². The third kappa shape index (κ3) is 4.13. The van der Waals surface area contributed by atoms with E-state index in [-0.39, 0.29) is 11.2 Å². The Bertz CT molecular complexity index is 539. The molecule has 1 heterocycles. The molecule has 1 unspecified atom stereocenters. The molecule has 0 aliphatic carbocycles. The summed E-state index contributed by atoms with van der Waals surface area (Å²) in [5.41, 5.74) is 1.23. The molecule has 1 atom stereocenters. The van der Waals surface area contributed by atoms with E-state index >= 15 is 0 Å². The van der Waals surface area contributed by atoms with E-state index in [2.05, 4.69) is 22.5 Å². The number of nitrogens with zero attached hydrogens (tertiary/aromatic N) is 2. The molecule has 0 spiro atoms. The zero-order valence-corrected chi connectivity index (χ0v) is 11.9. The van der Waals surface area contributed by atoms with E-state index < -0.39 is 0 Å². The molecule has 0 saturated heterocycles. The number of aryl methyl sites for hydroxylation is 1. The van der Waals surface area contributed by atoms with Crippen molar-refractivity contribution in [2.24, 2.45) is 7.05 Å². The molecule has 19 heavy (non-hydrogen) atoms. The molecule has 4 nitrogen and oxygen atoms in total. The highest BCUT2D eigenvalue weighted by molar-refractivity contribution is 7.99. The Morgan fingerprint density at radius 1 is 1.37 bits per heavy atom. The van der Waals surface area contributed by atoms with E-state index in [1.54, 1.807) is 28.7 Å². The van der Waals surface area contributed by atoms with Crippen LogP contribution in [0.2, 0.25) is 0 Å². The number of hydrogen-bond donors (Lipinski definition) is 1. The predicted octanol–water partition coefficient (Wildman–Crippen LogP) is 2.68. The summed E-state index contributed by atoms with van der Waals surface area (Å²) in [6.45, 7) is 1.91. The van der Waals surface area contributed by atoms with Gasteiger partial charge in [0.2, 0.25) is 5.91 Å². The first-order valence-electron chi connectivity index (χ1n) is 6.11. The number of thioether (sulfide) groups is 1. The fraction of sp³-hybridized carbons (Fsp3) is 0.286. The van der Waals surface area contributed by atoms with Gasteiger partial charge < -0.3 is 5.32 Å². The molecule has 1 aromatic carbocycles. The maximum Gasteiger partial charge on any atom is 0.238 e. The Morgan fingerprint density at radius 2 is 2.11 bits per heavy atom. The van der Waals surface area contributed by atoms with Gasteiger partial charge in [-0.25, -0.2) is 0 Å². The lowest BCUT2D eigenvalue weighted by Crippen LogP contribution is -2.22. The molecule has 1 N–H and O–H groups in total. The van der Waals surface area contributed by atoms with Gasteiger partial charge in [0.1, 0.15) is 0 Å². The Morgan fingerprint density at radius 3 is 2.74 bits per heavy atom. The topological polar surface area (TPSA) is 46.9 Å². The normalized spacial score (nSPS) is 12.1. The van der Waals surface area contributed by atoms with Gasteiger partial charge in [-0.2, -0.15) is 5.10 Å². The van der Waals surface area contributed by atoms with Crippen LogP contribution in [0.25, 0.3) is 0 Å². The van der Waals surface area contributed by atoms with Crippen LogP contribution in [0.4, 0.5) is 5.82 Å². The smallest absolute Gasteiger partial charge is 0.238 e. The van der Waals surface area contributed by atoms with Crippen molar-refractivity contribution in [3.63, 3.8) is 0 Å². The van der Waals surface area contributed by atoms with Gasteiger partial charge in [0.05, 0.1) is 5.25 Å². The second-order valence-electron chi connectivity index (χ2n) is 4.30. The van der Waals surface area contributed by atoms with Gasteiger partial charge in [0, 0.05) is 25.1 Å². The maximum absolute atomic E-state index is 12.0. The first-order valence-corrected chi connectivity index (χ1v) is 7.16. The zero-order chi connectivity index (χ0) is 13.7. The van der Waals surface area contributed by atoms with Gasteiger partial charge >= 0.3 is 0 Å². The van der Waals surface area contributed by atoms with Gasteiger partial charge in [0.15, 0.2) is 5.82 Å². The number of amides is 1. The van der Waals surface area contributed by atoms with E-state index in [0.29, 0.717) is 5.82 Å². The van der Waals surface area contributed by atoms with Gasteiger partial charge in [-0.05, 0) is 12.5 Å². The van der Waals surface area contributed by atoms with Crippen LogP contribution in [-0.2, 0) is 17.6 Å². The van der Waals surface area contributed by atoms with Gasteiger partial charge in [-0.3, -0.25) is 9.48 Å². The highest BCUT2D eigenvalue weighted by atomic mass is 32.2. The summed E-state index contributed by atoms with van der Waals surface area (Å²) in [4.78, 5) is 12.0. The first kappa shape index (κ1) is 13.7. The van der Waals surface area contributed by atoms with Crippen molar-refractivity contribution in [2.45, 2.75) is 17.9 Å². The third-order valence-electron chi connectivity index (χ3n) is 2.68. The average Bonchev–Trinajstić information content (AvgIpc) is 2.82. The summed E-state index contributed by atoms with van der Waals surface area (Å²) in [5, 5.41) is 6.82. The zero-order valence-electron chi connectivity index (χ0n) is 11.0. The fourth-order valence-corrected chi connectivity index (χ4v) is 2.43. The Balaban J connectivity index is 1.82. The van der Waals surface area contributed by atoms with Crippen molar-refractivity contribution in [3.05, 3.63) is 48.2 Å². The first-order chi connectivity index (χ1) is 9.15. The molecule has 0 aliphatic rings. The monoisotopic (exact) mass is 275 g/mol. The fourth-order valence-electron chi connectivity index (χ4n) is 1.58. The van der Waals surface area contributed by atoms with E-state index in [0.717, 1.165) is 5.75 Å². The number of rotatable bonds is 5. The van der Waals surface area contributed by atoms with Crippen molar-refractivity contribution in [3.8, 4) is 0 Å². The maximum atomic E-state index is 12.0. The van der Waals surface area contributed by atoms with E-state index in [9.17, 15) is 4.79 Å². The Hall–Kier alpha value is -1.75. The van der Waals surface area contributed by atoms with Gasteiger partial charge in [0.25, 0.3) is 0 Å². The second-order valence-corrected chi connectivity index (χ2v) is 5.63. The summed E-state index contributed by atoms with van der Waals surface area (Å²) < 4.78 is 1.66. The number of carbonyl (C=O) groups excluding carboxylic acids is 1. The molecule has 5 heteroatoms. The summed E-state index contributed by atoms with van der Waals surface area (Å²) in [6, 6.07) is 11.9.